The molecule has 3 aromatic rings. The summed E-state index contributed by atoms with van der Waals surface area (Å²) in [5.41, 5.74) is -0.0804. The summed E-state index contributed by atoms with van der Waals surface area (Å²) in [6.45, 7) is 3.18. The molecule has 0 aliphatic carbocycles. The van der Waals surface area contributed by atoms with Crippen LogP contribution in [-0.4, -0.2) is 26.1 Å². The minimum absolute atomic E-state index is 0.0161. The molecule has 3 heterocycles. The number of pyridine rings is 1. The number of aliphatic hydroxyl groups is 1. The van der Waals surface area contributed by atoms with E-state index >= 15 is 0 Å². The molecule has 0 saturated carbocycles. The first-order valence-corrected chi connectivity index (χ1v) is 10.7. The molecule has 0 bridgehead atoms. The summed E-state index contributed by atoms with van der Waals surface area (Å²) in [6.07, 6.45) is -0.911. The lowest BCUT2D eigenvalue weighted by Gasteiger charge is -2.15. The number of carbonyl (C=O) groups is 1. The zero-order chi connectivity index (χ0) is 22.1. The van der Waals surface area contributed by atoms with Crippen LogP contribution in [0.25, 0.3) is 16.0 Å². The number of hydrogen-bond donors (Lipinski definition) is 1. The Bertz CT molecular complexity index is 1050. The van der Waals surface area contributed by atoms with Crippen molar-refractivity contribution in [1.82, 2.24) is 9.61 Å². The lowest BCUT2D eigenvalue weighted by atomic mass is 9.98. The van der Waals surface area contributed by atoms with Crippen LogP contribution in [0.1, 0.15) is 50.8 Å². The minimum Gasteiger partial charge on any atom is -0.390 e. The lowest BCUT2D eigenvalue weighted by molar-refractivity contribution is -0.137. The van der Waals surface area contributed by atoms with Crippen LogP contribution < -0.4 is 0 Å². The van der Waals surface area contributed by atoms with E-state index in [2.05, 4.69) is 5.10 Å². The summed E-state index contributed by atoms with van der Waals surface area (Å²) in [6, 6.07) is 5.59. The van der Waals surface area contributed by atoms with Crippen molar-refractivity contribution in [2.75, 3.05) is 0 Å². The Balaban J connectivity index is 1.84. The van der Waals surface area contributed by atoms with Gasteiger partial charge in [-0.1, -0.05) is 11.6 Å². The highest BCUT2D eigenvalue weighted by Gasteiger charge is 2.31. The Kier molecular flexibility index (Phi) is 6.60. The third kappa shape index (κ3) is 5.62. The van der Waals surface area contributed by atoms with Crippen molar-refractivity contribution in [2.45, 2.75) is 57.7 Å². The number of aryl methyl sites for hydroxylation is 1. The highest BCUT2D eigenvalue weighted by atomic mass is 35.5. The van der Waals surface area contributed by atoms with Crippen molar-refractivity contribution in [3.8, 4) is 10.4 Å². The Morgan fingerprint density at radius 3 is 2.57 bits per heavy atom. The second-order valence-corrected chi connectivity index (χ2v) is 9.62. The normalized spacial score (nSPS) is 12.6. The Morgan fingerprint density at radius 2 is 1.97 bits per heavy atom. The van der Waals surface area contributed by atoms with Gasteiger partial charge in [0, 0.05) is 29.5 Å². The molecule has 3 aromatic heterocycles. The zero-order valence-corrected chi connectivity index (χ0v) is 18.2. The molecule has 0 aromatic carbocycles. The highest BCUT2D eigenvalue weighted by molar-refractivity contribution is 7.19. The van der Waals surface area contributed by atoms with Crippen LogP contribution in [0.15, 0.2) is 30.5 Å². The molecule has 0 unspecified atom stereocenters. The van der Waals surface area contributed by atoms with Crippen molar-refractivity contribution in [3.05, 3.63) is 46.1 Å². The van der Waals surface area contributed by atoms with Crippen molar-refractivity contribution >= 4 is 34.2 Å². The largest absolute Gasteiger partial charge is 0.416 e. The number of fused-ring (bicyclic) bond motifs is 1. The molecule has 0 amide bonds. The number of Topliss-reactive ketones (excluding diaryl/α,β-unsaturated/α-hetero) is 1. The van der Waals surface area contributed by atoms with Gasteiger partial charge in [-0.15, -0.1) is 11.3 Å². The summed E-state index contributed by atoms with van der Waals surface area (Å²) in [5.74, 6) is -0.0161. The predicted molar refractivity (Wildman–Crippen MR) is 112 cm³/mol. The topological polar surface area (TPSA) is 54.6 Å². The highest BCUT2D eigenvalue weighted by Crippen LogP contribution is 2.38. The molecule has 0 aliphatic heterocycles. The zero-order valence-electron chi connectivity index (χ0n) is 16.6. The Hall–Kier alpha value is -1.90. The quantitative estimate of drug-likeness (QED) is 0.410. The van der Waals surface area contributed by atoms with E-state index in [1.807, 2.05) is 0 Å². The molecule has 0 saturated heterocycles. The van der Waals surface area contributed by atoms with E-state index < -0.39 is 17.3 Å². The maximum atomic E-state index is 13.2. The van der Waals surface area contributed by atoms with E-state index in [1.165, 1.54) is 22.0 Å². The van der Waals surface area contributed by atoms with Gasteiger partial charge in [-0.2, -0.15) is 18.3 Å². The summed E-state index contributed by atoms with van der Waals surface area (Å²) >= 11 is 7.34. The summed E-state index contributed by atoms with van der Waals surface area (Å²) < 4.78 is 41.6. The van der Waals surface area contributed by atoms with Crippen LogP contribution in [0.5, 0.6) is 0 Å². The SMILES string of the molecule is CC(C)(O)CC(=O)CCCCc1nn2ccc(C(F)(F)F)cc2c1-c1ccc(Cl)s1. The lowest BCUT2D eigenvalue weighted by Crippen LogP contribution is -2.23. The fourth-order valence-corrected chi connectivity index (χ4v) is 4.47. The van der Waals surface area contributed by atoms with Gasteiger partial charge in [-0.3, -0.25) is 4.79 Å². The third-order valence-electron chi connectivity index (χ3n) is 4.60. The Labute approximate surface area is 181 Å². The first-order chi connectivity index (χ1) is 13.9. The molecular formula is C21H22ClF3N2O2S. The first kappa shape index (κ1) is 22.8. The third-order valence-corrected chi connectivity index (χ3v) is 5.85. The van der Waals surface area contributed by atoms with E-state index in [1.54, 1.807) is 26.0 Å². The number of unbranched alkanes of at least 4 members (excludes halogenated alkanes) is 1. The molecule has 0 fully saturated rings. The number of thiophene rings is 1. The van der Waals surface area contributed by atoms with Crippen molar-refractivity contribution in [3.63, 3.8) is 0 Å². The molecule has 9 heteroatoms. The van der Waals surface area contributed by atoms with Crippen molar-refractivity contribution in [1.29, 1.82) is 0 Å². The molecule has 0 radical (unpaired) electrons. The van der Waals surface area contributed by atoms with Gasteiger partial charge in [0.2, 0.25) is 0 Å². The number of nitrogens with zero attached hydrogens (tertiary/aromatic N) is 2. The van der Waals surface area contributed by atoms with Gasteiger partial charge in [0.1, 0.15) is 5.78 Å². The van der Waals surface area contributed by atoms with Gasteiger partial charge < -0.3 is 5.11 Å². The first-order valence-electron chi connectivity index (χ1n) is 9.52. The van der Waals surface area contributed by atoms with Gasteiger partial charge in [0.25, 0.3) is 0 Å². The van der Waals surface area contributed by atoms with Gasteiger partial charge in [0.15, 0.2) is 0 Å². The van der Waals surface area contributed by atoms with E-state index in [9.17, 15) is 23.1 Å². The summed E-state index contributed by atoms with van der Waals surface area (Å²) in [5, 5.41) is 14.2. The van der Waals surface area contributed by atoms with Gasteiger partial charge >= 0.3 is 6.18 Å². The second kappa shape index (κ2) is 8.69. The van der Waals surface area contributed by atoms with Crippen LogP contribution in [-0.2, 0) is 17.4 Å². The fourth-order valence-electron chi connectivity index (χ4n) is 3.35. The molecule has 30 heavy (non-hydrogen) atoms. The van der Waals surface area contributed by atoms with Crippen molar-refractivity contribution in [2.24, 2.45) is 0 Å². The summed E-state index contributed by atoms with van der Waals surface area (Å²) in [4.78, 5) is 12.7. The number of halogens is 4. The maximum absolute atomic E-state index is 13.2. The van der Waals surface area contributed by atoms with Crippen molar-refractivity contribution < 1.29 is 23.1 Å². The second-order valence-electron chi connectivity index (χ2n) is 7.90. The molecule has 0 atom stereocenters. The van der Waals surface area contributed by atoms with Crippen LogP contribution in [0.4, 0.5) is 13.2 Å². The van der Waals surface area contributed by atoms with Gasteiger partial charge in [0.05, 0.1) is 26.7 Å². The molecule has 4 nitrogen and oxygen atoms in total. The number of ketones is 1. The van der Waals surface area contributed by atoms with E-state index in [-0.39, 0.29) is 12.2 Å². The van der Waals surface area contributed by atoms with E-state index in [4.69, 9.17) is 11.6 Å². The standard InChI is InChI=1S/C21H22ClF3N2O2S/c1-20(2,29)12-14(28)5-3-4-6-15-19(17-7-8-18(22)30-17)16-11-13(21(23,24)25)9-10-27(16)26-15/h7-11,29H,3-6,12H2,1-2H3. The van der Waals surface area contributed by atoms with Gasteiger partial charge in [-0.05, 0) is 57.4 Å². The van der Waals surface area contributed by atoms with Crippen LogP contribution in [0, 0.1) is 0 Å². The number of hydrogen-bond acceptors (Lipinski definition) is 4. The molecular weight excluding hydrogens is 437 g/mol. The molecule has 1 N–H and O–H groups in total. The average Bonchev–Trinajstić information content (AvgIpc) is 3.18. The molecule has 0 aliphatic rings. The smallest absolute Gasteiger partial charge is 0.390 e. The number of aromatic nitrogens is 2. The van der Waals surface area contributed by atoms with Crippen LogP contribution >= 0.6 is 22.9 Å². The molecule has 3 rings (SSSR count). The monoisotopic (exact) mass is 458 g/mol. The van der Waals surface area contributed by atoms with Crippen LogP contribution in [0.2, 0.25) is 4.34 Å². The molecule has 162 valence electrons. The van der Waals surface area contributed by atoms with E-state index in [0.717, 1.165) is 17.0 Å². The van der Waals surface area contributed by atoms with Gasteiger partial charge in [-0.25, -0.2) is 4.52 Å². The van der Waals surface area contributed by atoms with Crippen LogP contribution in [0.3, 0.4) is 0 Å². The minimum atomic E-state index is -4.45. The number of rotatable bonds is 8. The number of alkyl halides is 3. The fraction of sp³-hybridized carbons (Fsp3) is 0.429. The average molecular weight is 459 g/mol. The Morgan fingerprint density at radius 1 is 1.23 bits per heavy atom. The molecule has 0 spiro atoms. The summed E-state index contributed by atoms with van der Waals surface area (Å²) in [7, 11) is 0. The maximum Gasteiger partial charge on any atom is 0.416 e. The number of carbonyl (C=O) groups excluding carboxylic acids is 1. The predicted octanol–water partition coefficient (Wildman–Crippen LogP) is 6.18. The van der Waals surface area contributed by atoms with E-state index in [0.29, 0.717) is 46.8 Å².